The van der Waals surface area contributed by atoms with Gasteiger partial charge in [-0.15, -0.1) is 0 Å². The average Bonchev–Trinajstić information content (AvgIpc) is 2.64. The van der Waals surface area contributed by atoms with Gasteiger partial charge in [-0.3, -0.25) is 9.79 Å². The topological polar surface area (TPSA) is 74.0 Å². The molecule has 0 saturated carbocycles. The number of nitrogens with one attached hydrogen (secondary N) is 1. The number of primary amides is 1. The van der Waals surface area contributed by atoms with Gasteiger partial charge in [0.25, 0.3) is 0 Å². The predicted octanol–water partition coefficient (Wildman–Crippen LogP) is 2.20. The van der Waals surface area contributed by atoms with Gasteiger partial charge < -0.3 is 20.9 Å². The van der Waals surface area contributed by atoms with Crippen LogP contribution in [-0.4, -0.2) is 67.5 Å². The fourth-order valence-electron chi connectivity index (χ4n) is 4.13. The highest BCUT2D eigenvalue weighted by molar-refractivity contribution is 5.80. The number of aliphatic imine (C=N–C) groups is 1. The lowest BCUT2D eigenvalue weighted by atomic mass is 9.95. The second-order valence-electron chi connectivity index (χ2n) is 7.82. The molecule has 2 fully saturated rings. The zero-order valence-electron chi connectivity index (χ0n) is 16.7. The molecular formula is C20H39N5O. The summed E-state index contributed by atoms with van der Waals surface area (Å²) in [4.78, 5) is 21.0. The standard InChI is InChI=1S/C20H39N5O/c1-2-22-20(25-15-9-10-18(17-25)16-19(21)26)23-11-5-3-6-12-24-13-7-4-8-14-24/h18H,2-17H2,1H3,(H2,21,26)(H,22,23). The highest BCUT2D eigenvalue weighted by Gasteiger charge is 2.23. The van der Waals surface area contributed by atoms with Gasteiger partial charge in [0, 0.05) is 32.6 Å². The van der Waals surface area contributed by atoms with Crippen molar-refractivity contribution in [3.63, 3.8) is 0 Å². The van der Waals surface area contributed by atoms with Gasteiger partial charge in [0.15, 0.2) is 5.96 Å². The van der Waals surface area contributed by atoms with Crippen molar-refractivity contribution in [2.75, 3.05) is 45.8 Å². The quantitative estimate of drug-likeness (QED) is 0.373. The summed E-state index contributed by atoms with van der Waals surface area (Å²) in [5.74, 6) is 1.19. The Bertz CT molecular complexity index is 434. The number of hydrogen-bond acceptors (Lipinski definition) is 3. The Kier molecular flexibility index (Phi) is 9.82. The van der Waals surface area contributed by atoms with Crippen molar-refractivity contribution in [3.8, 4) is 0 Å². The fraction of sp³-hybridized carbons (Fsp3) is 0.900. The predicted molar refractivity (Wildman–Crippen MR) is 108 cm³/mol. The van der Waals surface area contributed by atoms with E-state index in [2.05, 4.69) is 22.0 Å². The van der Waals surface area contributed by atoms with Crippen molar-refractivity contribution in [1.29, 1.82) is 0 Å². The summed E-state index contributed by atoms with van der Waals surface area (Å²) in [6.45, 7) is 9.64. The smallest absolute Gasteiger partial charge is 0.217 e. The molecule has 0 aliphatic carbocycles. The number of carbonyl (C=O) groups excluding carboxylic acids is 1. The molecule has 6 nitrogen and oxygen atoms in total. The van der Waals surface area contributed by atoms with Crippen LogP contribution >= 0.6 is 0 Å². The van der Waals surface area contributed by atoms with E-state index in [1.54, 1.807) is 0 Å². The first-order valence-electron chi connectivity index (χ1n) is 10.7. The number of nitrogens with two attached hydrogens (primary N) is 1. The molecule has 0 aromatic heterocycles. The van der Waals surface area contributed by atoms with Crippen LogP contribution in [0.1, 0.15) is 64.7 Å². The van der Waals surface area contributed by atoms with Gasteiger partial charge in [-0.25, -0.2) is 0 Å². The lowest BCUT2D eigenvalue weighted by Gasteiger charge is -2.34. The van der Waals surface area contributed by atoms with Crippen LogP contribution in [0, 0.1) is 5.92 Å². The number of unbranched alkanes of at least 4 members (excludes halogenated alkanes) is 2. The monoisotopic (exact) mass is 365 g/mol. The Balaban J connectivity index is 1.68. The summed E-state index contributed by atoms with van der Waals surface area (Å²) >= 11 is 0. The van der Waals surface area contributed by atoms with Crippen molar-refractivity contribution in [1.82, 2.24) is 15.1 Å². The minimum atomic E-state index is -0.188. The van der Waals surface area contributed by atoms with Gasteiger partial charge in [-0.05, 0) is 71.0 Å². The summed E-state index contributed by atoms with van der Waals surface area (Å²) in [6.07, 6.45) is 10.6. The molecule has 0 spiro atoms. The molecule has 0 radical (unpaired) electrons. The Morgan fingerprint density at radius 1 is 1.12 bits per heavy atom. The van der Waals surface area contributed by atoms with Crippen LogP contribution in [0.2, 0.25) is 0 Å². The molecule has 1 amide bonds. The molecule has 2 aliphatic rings. The van der Waals surface area contributed by atoms with Crippen LogP contribution in [0.4, 0.5) is 0 Å². The minimum absolute atomic E-state index is 0.188. The van der Waals surface area contributed by atoms with E-state index in [9.17, 15) is 4.79 Å². The number of piperidine rings is 2. The maximum Gasteiger partial charge on any atom is 0.217 e. The molecule has 0 bridgehead atoms. The molecule has 2 rings (SSSR count). The van der Waals surface area contributed by atoms with E-state index in [1.807, 2.05) is 0 Å². The van der Waals surface area contributed by atoms with Crippen LogP contribution in [-0.2, 0) is 4.79 Å². The van der Waals surface area contributed by atoms with Crippen molar-refractivity contribution >= 4 is 11.9 Å². The number of guanidine groups is 1. The van der Waals surface area contributed by atoms with E-state index < -0.39 is 0 Å². The Morgan fingerprint density at radius 2 is 1.92 bits per heavy atom. The van der Waals surface area contributed by atoms with E-state index in [4.69, 9.17) is 10.7 Å². The first kappa shape index (κ1) is 21.0. The fourth-order valence-corrected chi connectivity index (χ4v) is 4.13. The number of hydrogen-bond donors (Lipinski definition) is 2. The number of rotatable bonds is 9. The second-order valence-corrected chi connectivity index (χ2v) is 7.82. The molecule has 0 aromatic carbocycles. The second kappa shape index (κ2) is 12.2. The van der Waals surface area contributed by atoms with Gasteiger partial charge in [0.1, 0.15) is 0 Å². The highest BCUT2D eigenvalue weighted by Crippen LogP contribution is 2.19. The van der Waals surface area contributed by atoms with Crippen molar-refractivity contribution in [2.24, 2.45) is 16.6 Å². The van der Waals surface area contributed by atoms with Gasteiger partial charge >= 0.3 is 0 Å². The van der Waals surface area contributed by atoms with Crippen molar-refractivity contribution in [2.45, 2.75) is 64.7 Å². The zero-order chi connectivity index (χ0) is 18.6. The van der Waals surface area contributed by atoms with Crippen LogP contribution < -0.4 is 11.1 Å². The van der Waals surface area contributed by atoms with Gasteiger partial charge in [-0.2, -0.15) is 0 Å². The van der Waals surface area contributed by atoms with Crippen LogP contribution in [0.5, 0.6) is 0 Å². The van der Waals surface area contributed by atoms with E-state index in [0.29, 0.717) is 12.3 Å². The number of carbonyl (C=O) groups is 1. The Morgan fingerprint density at radius 3 is 2.65 bits per heavy atom. The number of amides is 1. The van der Waals surface area contributed by atoms with Gasteiger partial charge in [-0.1, -0.05) is 12.8 Å². The molecule has 6 heteroatoms. The number of likely N-dealkylation sites (tertiary alicyclic amines) is 2. The van der Waals surface area contributed by atoms with E-state index >= 15 is 0 Å². The highest BCUT2D eigenvalue weighted by atomic mass is 16.1. The van der Waals surface area contributed by atoms with Crippen LogP contribution in [0.25, 0.3) is 0 Å². The molecular weight excluding hydrogens is 326 g/mol. The van der Waals surface area contributed by atoms with Crippen molar-refractivity contribution < 1.29 is 4.79 Å². The largest absolute Gasteiger partial charge is 0.370 e. The van der Waals surface area contributed by atoms with E-state index in [1.165, 1.54) is 51.7 Å². The molecule has 150 valence electrons. The first-order valence-corrected chi connectivity index (χ1v) is 10.7. The Labute approximate surface area is 159 Å². The minimum Gasteiger partial charge on any atom is -0.370 e. The maximum absolute atomic E-state index is 11.2. The molecule has 2 aliphatic heterocycles. The normalized spacial score (nSPS) is 22.4. The molecule has 2 saturated heterocycles. The molecule has 1 atom stereocenters. The molecule has 26 heavy (non-hydrogen) atoms. The molecule has 0 aromatic rings. The summed E-state index contributed by atoms with van der Waals surface area (Å²) in [6, 6.07) is 0. The van der Waals surface area contributed by atoms with Crippen molar-refractivity contribution in [3.05, 3.63) is 0 Å². The SMILES string of the molecule is CCNC(=NCCCCCN1CCCCC1)N1CCCC(CC(N)=O)C1. The summed E-state index contributed by atoms with van der Waals surface area (Å²) in [7, 11) is 0. The average molecular weight is 366 g/mol. The summed E-state index contributed by atoms with van der Waals surface area (Å²) in [5.41, 5.74) is 5.38. The molecule has 2 heterocycles. The number of nitrogens with zero attached hydrogens (tertiary/aromatic N) is 3. The zero-order valence-corrected chi connectivity index (χ0v) is 16.7. The Hall–Kier alpha value is -1.30. The van der Waals surface area contributed by atoms with Crippen LogP contribution in [0.3, 0.4) is 0 Å². The third kappa shape index (κ3) is 7.94. The van der Waals surface area contributed by atoms with E-state index in [-0.39, 0.29) is 5.91 Å². The van der Waals surface area contributed by atoms with Crippen LogP contribution in [0.15, 0.2) is 4.99 Å². The lowest BCUT2D eigenvalue weighted by molar-refractivity contribution is -0.119. The van der Waals surface area contributed by atoms with Gasteiger partial charge in [0.05, 0.1) is 0 Å². The molecule has 3 N–H and O–H groups in total. The van der Waals surface area contributed by atoms with E-state index in [0.717, 1.165) is 51.4 Å². The summed E-state index contributed by atoms with van der Waals surface area (Å²) in [5, 5.41) is 3.42. The first-order chi connectivity index (χ1) is 12.7. The molecule has 1 unspecified atom stereocenters. The maximum atomic E-state index is 11.2. The lowest BCUT2D eigenvalue weighted by Crippen LogP contribution is -2.47. The third-order valence-corrected chi connectivity index (χ3v) is 5.49. The third-order valence-electron chi connectivity index (χ3n) is 5.49. The summed E-state index contributed by atoms with van der Waals surface area (Å²) < 4.78 is 0. The van der Waals surface area contributed by atoms with Gasteiger partial charge in [0.2, 0.25) is 5.91 Å².